The largest absolute Gasteiger partial charge is 0.486 e. The number of alkyl halides is 3. The van der Waals surface area contributed by atoms with Gasteiger partial charge >= 0.3 is 12.1 Å². The average molecular weight is 399 g/mol. The number of carbonyl (C=O) groups excluding carboxylic acids is 1. The van der Waals surface area contributed by atoms with Gasteiger partial charge in [-0.05, 0) is 24.3 Å². The molecule has 1 atom stereocenters. The Morgan fingerprint density at radius 1 is 1.32 bits per heavy atom. The number of benzene rings is 1. The van der Waals surface area contributed by atoms with Crippen LogP contribution in [-0.4, -0.2) is 39.1 Å². The minimum Gasteiger partial charge on any atom is -0.486 e. The predicted octanol–water partition coefficient (Wildman–Crippen LogP) is 2.85. The number of amides is 1. The smallest absolute Gasteiger partial charge is 0.438 e. The minimum atomic E-state index is -5.10. The molecule has 0 bridgehead atoms. The number of halogens is 3. The first kappa shape index (κ1) is 19.4. The summed E-state index contributed by atoms with van der Waals surface area (Å²) in [7, 11) is 0. The molecule has 0 aliphatic carbocycles. The average Bonchev–Trinajstić information content (AvgIpc) is 3.27. The fourth-order valence-electron chi connectivity index (χ4n) is 2.38. The van der Waals surface area contributed by atoms with E-state index in [-0.39, 0.29) is 28.8 Å². The molecule has 1 aliphatic heterocycles. The highest BCUT2D eigenvalue weighted by molar-refractivity contribution is 5.93. The van der Waals surface area contributed by atoms with Gasteiger partial charge in [0.2, 0.25) is 0 Å². The van der Waals surface area contributed by atoms with E-state index in [1.54, 1.807) is 0 Å². The highest BCUT2D eigenvalue weighted by Gasteiger charge is 2.61. The monoisotopic (exact) mass is 399 g/mol. The Labute approximate surface area is 154 Å². The number of carbonyl (C=O) groups is 1. The summed E-state index contributed by atoms with van der Waals surface area (Å²) in [6.45, 7) is -0.183. The summed E-state index contributed by atoms with van der Waals surface area (Å²) in [6, 6.07) is 7.61. The van der Waals surface area contributed by atoms with Crippen molar-refractivity contribution in [2.24, 2.45) is 5.10 Å². The molecule has 1 aliphatic rings. The van der Waals surface area contributed by atoms with E-state index in [1.165, 1.54) is 30.3 Å². The van der Waals surface area contributed by atoms with Crippen molar-refractivity contribution in [1.82, 2.24) is 5.01 Å². The molecule has 148 valence electrons. The van der Waals surface area contributed by atoms with E-state index in [4.69, 9.17) is 9.15 Å². The number of hydrogen-bond acceptors (Lipinski definition) is 7. The van der Waals surface area contributed by atoms with E-state index in [9.17, 15) is 33.2 Å². The molecule has 1 aromatic carbocycles. The van der Waals surface area contributed by atoms with Crippen molar-refractivity contribution in [1.29, 1.82) is 0 Å². The lowest BCUT2D eigenvalue weighted by Crippen LogP contribution is -2.56. The fraction of sp³-hybridized carbons (Fsp3) is 0.250. The quantitative estimate of drug-likeness (QED) is 0.610. The molecule has 12 heteroatoms. The Balaban J connectivity index is 1.67. The van der Waals surface area contributed by atoms with Crippen molar-refractivity contribution < 1.29 is 37.1 Å². The van der Waals surface area contributed by atoms with Crippen LogP contribution in [0.3, 0.4) is 0 Å². The number of furan rings is 1. The second kappa shape index (κ2) is 6.96. The van der Waals surface area contributed by atoms with Crippen molar-refractivity contribution in [3.8, 4) is 5.75 Å². The number of nitro groups is 1. The highest BCUT2D eigenvalue weighted by atomic mass is 19.4. The number of nitrogens with zero attached hydrogens (tertiary/aromatic N) is 3. The van der Waals surface area contributed by atoms with Gasteiger partial charge in [0.15, 0.2) is 5.76 Å². The molecule has 0 unspecified atom stereocenters. The third-order valence-electron chi connectivity index (χ3n) is 3.87. The van der Waals surface area contributed by atoms with Crippen molar-refractivity contribution in [2.75, 3.05) is 0 Å². The summed E-state index contributed by atoms with van der Waals surface area (Å²) < 4.78 is 49.7. The van der Waals surface area contributed by atoms with Crippen LogP contribution in [0.1, 0.15) is 22.7 Å². The number of ether oxygens (including phenoxy) is 1. The second-order valence-corrected chi connectivity index (χ2v) is 5.74. The summed E-state index contributed by atoms with van der Waals surface area (Å²) in [4.78, 5) is 22.3. The predicted molar refractivity (Wildman–Crippen MR) is 86.4 cm³/mol. The van der Waals surface area contributed by atoms with Gasteiger partial charge in [-0.25, -0.2) is 0 Å². The lowest BCUT2D eigenvalue weighted by atomic mass is 10.1. The highest BCUT2D eigenvalue weighted by Crippen LogP contribution is 2.39. The maximum atomic E-state index is 13.0. The van der Waals surface area contributed by atoms with Gasteiger partial charge in [-0.15, -0.1) is 0 Å². The van der Waals surface area contributed by atoms with Crippen LogP contribution >= 0.6 is 0 Å². The van der Waals surface area contributed by atoms with Gasteiger partial charge in [0, 0.05) is 24.8 Å². The third-order valence-corrected chi connectivity index (χ3v) is 3.87. The van der Waals surface area contributed by atoms with Crippen molar-refractivity contribution in [3.05, 3.63) is 58.0 Å². The van der Waals surface area contributed by atoms with Gasteiger partial charge in [-0.1, -0.05) is 0 Å². The molecule has 28 heavy (non-hydrogen) atoms. The van der Waals surface area contributed by atoms with Crippen molar-refractivity contribution in [3.63, 3.8) is 0 Å². The molecule has 1 amide bonds. The first-order valence-corrected chi connectivity index (χ1v) is 7.74. The summed E-state index contributed by atoms with van der Waals surface area (Å²) in [5.74, 6) is -1.34. The van der Waals surface area contributed by atoms with Crippen LogP contribution in [0.25, 0.3) is 0 Å². The number of aliphatic hydroxyl groups is 1. The molecule has 2 aromatic rings. The summed E-state index contributed by atoms with van der Waals surface area (Å²) in [6.07, 6.45) is -5.21. The van der Waals surface area contributed by atoms with E-state index in [0.717, 1.165) is 12.3 Å². The Kier molecular flexibility index (Phi) is 4.81. The Morgan fingerprint density at radius 2 is 2.00 bits per heavy atom. The molecule has 1 N–H and O–H groups in total. The third kappa shape index (κ3) is 3.53. The molecule has 3 rings (SSSR count). The number of hydrazone groups is 1. The molecule has 0 saturated heterocycles. The van der Waals surface area contributed by atoms with Crippen LogP contribution in [0.2, 0.25) is 0 Å². The normalized spacial score (nSPS) is 19.1. The van der Waals surface area contributed by atoms with Gasteiger partial charge in [-0.3, -0.25) is 14.9 Å². The number of rotatable bonds is 5. The topological polar surface area (TPSA) is 118 Å². The first-order valence-electron chi connectivity index (χ1n) is 7.74. The van der Waals surface area contributed by atoms with Crippen LogP contribution < -0.4 is 4.74 Å². The van der Waals surface area contributed by atoms with Crippen LogP contribution in [0.15, 0.2) is 45.9 Å². The van der Waals surface area contributed by atoms with E-state index in [0.29, 0.717) is 0 Å². The molecule has 0 fully saturated rings. The summed E-state index contributed by atoms with van der Waals surface area (Å²) in [5, 5.41) is 23.6. The zero-order valence-corrected chi connectivity index (χ0v) is 13.9. The summed E-state index contributed by atoms with van der Waals surface area (Å²) >= 11 is 0. The Hall–Kier alpha value is -3.41. The van der Waals surface area contributed by atoms with E-state index in [1.807, 2.05) is 0 Å². The molecule has 0 saturated carbocycles. The Morgan fingerprint density at radius 3 is 2.61 bits per heavy atom. The van der Waals surface area contributed by atoms with E-state index < -0.39 is 34.9 Å². The summed E-state index contributed by atoms with van der Waals surface area (Å²) in [5.41, 5.74) is -3.56. The van der Waals surface area contributed by atoms with Gasteiger partial charge in [-0.2, -0.15) is 23.3 Å². The maximum Gasteiger partial charge on any atom is 0.438 e. The zero-order chi connectivity index (χ0) is 20.5. The van der Waals surface area contributed by atoms with Crippen molar-refractivity contribution in [2.45, 2.75) is 24.9 Å². The van der Waals surface area contributed by atoms with E-state index in [2.05, 4.69) is 5.10 Å². The SMILES string of the molecule is O=C(c1ccc(COc2ccc([N+](=O)[O-])cc2)o1)N1N=CC[C@]1(O)C(F)(F)F. The molecule has 0 spiro atoms. The Bertz CT molecular complexity index is 924. The van der Waals surface area contributed by atoms with Gasteiger partial charge in [0.1, 0.15) is 18.1 Å². The van der Waals surface area contributed by atoms with Gasteiger partial charge < -0.3 is 14.3 Å². The van der Waals surface area contributed by atoms with E-state index >= 15 is 0 Å². The number of non-ortho nitro benzene ring substituents is 1. The maximum absolute atomic E-state index is 13.0. The van der Waals surface area contributed by atoms with Gasteiger partial charge in [0.05, 0.1) is 4.92 Å². The molecule has 1 aromatic heterocycles. The number of nitro benzene ring substituents is 1. The molecule has 0 radical (unpaired) electrons. The van der Waals surface area contributed by atoms with Gasteiger partial charge in [0.25, 0.3) is 11.4 Å². The number of hydrogen-bond donors (Lipinski definition) is 1. The van der Waals surface area contributed by atoms with Crippen LogP contribution in [0.4, 0.5) is 18.9 Å². The zero-order valence-electron chi connectivity index (χ0n) is 13.9. The molecular weight excluding hydrogens is 387 g/mol. The lowest BCUT2D eigenvalue weighted by molar-refractivity contribution is -0.384. The van der Waals surface area contributed by atoms with Crippen LogP contribution in [0.5, 0.6) is 5.75 Å². The molecule has 9 nitrogen and oxygen atoms in total. The molecular formula is C16H12F3N3O6. The lowest BCUT2D eigenvalue weighted by Gasteiger charge is -2.31. The first-order chi connectivity index (χ1) is 13.1. The fourth-order valence-corrected chi connectivity index (χ4v) is 2.38. The van der Waals surface area contributed by atoms with Crippen molar-refractivity contribution >= 4 is 17.8 Å². The second-order valence-electron chi connectivity index (χ2n) is 5.74. The van der Waals surface area contributed by atoms with Crippen LogP contribution in [0, 0.1) is 10.1 Å². The standard InChI is InChI=1S/C16H12F3N3O6/c17-16(18,19)15(24)7-8-20-21(15)14(23)13-6-5-12(28-13)9-27-11-3-1-10(2-4-11)22(25)26/h1-6,8,24H,7,9H2/t15-/m0/s1. The van der Waals surface area contributed by atoms with Crippen LogP contribution in [-0.2, 0) is 6.61 Å². The minimum absolute atomic E-state index is 0.0766. The molecule has 2 heterocycles.